The molecule has 1 N–H and O–H groups in total. The molecule has 1 aliphatic heterocycles. The lowest BCUT2D eigenvalue weighted by molar-refractivity contribution is -0.135. The van der Waals surface area contributed by atoms with Crippen LogP contribution in [-0.4, -0.2) is 62.7 Å². The number of hydrogen-bond donors (Lipinski definition) is 1. The highest BCUT2D eigenvalue weighted by atomic mass is 16.5. The molecule has 178 valence electrons. The zero-order valence-corrected chi connectivity index (χ0v) is 19.6. The van der Waals surface area contributed by atoms with Gasteiger partial charge in [0.25, 0.3) is 0 Å². The molecule has 7 heteroatoms. The van der Waals surface area contributed by atoms with Gasteiger partial charge in [-0.1, -0.05) is 49.6 Å². The lowest BCUT2D eigenvalue weighted by Gasteiger charge is -2.35. The molecule has 3 heterocycles. The molecule has 2 aromatic heterocycles. The molecule has 1 unspecified atom stereocenters. The summed E-state index contributed by atoms with van der Waals surface area (Å²) in [5.41, 5.74) is 4.31. The summed E-state index contributed by atoms with van der Waals surface area (Å²) < 4.78 is 6.40. The summed E-state index contributed by atoms with van der Waals surface area (Å²) in [5, 5.41) is 7.45. The standard InChI is InChI=1S/C27H33N5O2/c33-26-19-31(16-23-15-29-30-27(23)22-7-3-1-4-8-22)17-25(34-20-21-11-13-28-14-12-21)18-32(26)24-9-5-2-6-10-24/h1,3-4,7-8,11-15,24-25H,2,5-6,9-10,16-20H2,(H,29,30). The third kappa shape index (κ3) is 5.54. The monoisotopic (exact) mass is 459 g/mol. The number of nitrogens with zero attached hydrogens (tertiary/aromatic N) is 4. The zero-order chi connectivity index (χ0) is 23.2. The van der Waals surface area contributed by atoms with Gasteiger partial charge < -0.3 is 9.64 Å². The summed E-state index contributed by atoms with van der Waals surface area (Å²) in [7, 11) is 0. The smallest absolute Gasteiger partial charge is 0.237 e. The molecule has 1 saturated heterocycles. The van der Waals surface area contributed by atoms with Crippen molar-refractivity contribution >= 4 is 5.91 Å². The van der Waals surface area contributed by atoms with Crippen LogP contribution in [0.15, 0.2) is 61.1 Å². The van der Waals surface area contributed by atoms with Crippen molar-refractivity contribution in [1.82, 2.24) is 25.0 Å². The van der Waals surface area contributed by atoms with E-state index >= 15 is 0 Å². The number of amides is 1. The van der Waals surface area contributed by atoms with Crippen LogP contribution in [0.1, 0.15) is 43.2 Å². The van der Waals surface area contributed by atoms with Crippen LogP contribution >= 0.6 is 0 Å². The van der Waals surface area contributed by atoms with Gasteiger partial charge in [-0.2, -0.15) is 5.10 Å². The first-order valence-electron chi connectivity index (χ1n) is 12.4. The van der Waals surface area contributed by atoms with Crippen molar-refractivity contribution in [3.8, 4) is 11.3 Å². The van der Waals surface area contributed by atoms with Crippen LogP contribution in [-0.2, 0) is 22.7 Å². The predicted octanol–water partition coefficient (Wildman–Crippen LogP) is 4.03. The predicted molar refractivity (Wildman–Crippen MR) is 131 cm³/mol. The third-order valence-electron chi connectivity index (χ3n) is 6.97. The van der Waals surface area contributed by atoms with E-state index in [9.17, 15) is 4.79 Å². The lowest BCUT2D eigenvalue weighted by Crippen LogP contribution is -2.45. The van der Waals surface area contributed by atoms with E-state index in [1.165, 1.54) is 19.3 Å². The highest BCUT2D eigenvalue weighted by molar-refractivity contribution is 5.79. The SMILES string of the molecule is O=C1CN(Cc2cn[nH]c2-c2ccccc2)CC(OCc2ccncc2)CN1C1CCCCC1. The van der Waals surface area contributed by atoms with Crippen LogP contribution < -0.4 is 0 Å². The summed E-state index contributed by atoms with van der Waals surface area (Å²) in [6, 6.07) is 14.5. The van der Waals surface area contributed by atoms with Crippen molar-refractivity contribution in [2.24, 2.45) is 0 Å². The van der Waals surface area contributed by atoms with Crippen LogP contribution in [0.3, 0.4) is 0 Å². The fraction of sp³-hybridized carbons (Fsp3) is 0.444. The maximum absolute atomic E-state index is 13.4. The van der Waals surface area contributed by atoms with Gasteiger partial charge in [-0.25, -0.2) is 0 Å². The quantitative estimate of drug-likeness (QED) is 0.577. The number of rotatable bonds is 7. The number of aromatic nitrogens is 3. The van der Waals surface area contributed by atoms with Crippen molar-refractivity contribution in [2.45, 2.75) is 57.4 Å². The molecule has 3 aromatic rings. The average Bonchev–Trinajstić information content (AvgIpc) is 3.28. The van der Waals surface area contributed by atoms with E-state index in [2.05, 4.69) is 37.1 Å². The Hall–Kier alpha value is -3.03. The lowest BCUT2D eigenvalue weighted by atomic mass is 9.94. The summed E-state index contributed by atoms with van der Waals surface area (Å²) in [5.74, 6) is 0.215. The van der Waals surface area contributed by atoms with Crippen molar-refractivity contribution in [2.75, 3.05) is 19.6 Å². The number of carbonyl (C=O) groups is 1. The second kappa shape index (κ2) is 10.9. The maximum atomic E-state index is 13.4. The van der Waals surface area contributed by atoms with Crippen LogP contribution in [0.5, 0.6) is 0 Å². The Kier molecular flexibility index (Phi) is 7.31. The number of nitrogens with one attached hydrogen (secondary N) is 1. The number of H-pyrrole nitrogens is 1. The van der Waals surface area contributed by atoms with Gasteiger partial charge in [-0.05, 0) is 36.1 Å². The maximum Gasteiger partial charge on any atom is 0.237 e. The summed E-state index contributed by atoms with van der Waals surface area (Å²) in [6.07, 6.45) is 11.3. The van der Waals surface area contributed by atoms with Crippen molar-refractivity contribution in [1.29, 1.82) is 0 Å². The first kappa shape index (κ1) is 22.7. The minimum Gasteiger partial charge on any atom is -0.370 e. The minimum absolute atomic E-state index is 0.0476. The van der Waals surface area contributed by atoms with E-state index in [4.69, 9.17) is 4.74 Å². The highest BCUT2D eigenvalue weighted by Gasteiger charge is 2.33. The molecule has 1 atom stereocenters. The number of benzene rings is 1. The Morgan fingerprint density at radius 1 is 1.00 bits per heavy atom. The van der Waals surface area contributed by atoms with Gasteiger partial charge in [0.1, 0.15) is 0 Å². The van der Waals surface area contributed by atoms with E-state index in [-0.39, 0.29) is 12.0 Å². The molecular formula is C27H33N5O2. The zero-order valence-electron chi connectivity index (χ0n) is 19.6. The van der Waals surface area contributed by atoms with Gasteiger partial charge in [-0.15, -0.1) is 0 Å². The largest absolute Gasteiger partial charge is 0.370 e. The summed E-state index contributed by atoms with van der Waals surface area (Å²) in [6.45, 7) is 2.95. The second-order valence-corrected chi connectivity index (χ2v) is 9.43. The van der Waals surface area contributed by atoms with E-state index in [1.807, 2.05) is 36.5 Å². The molecule has 0 bridgehead atoms. The molecule has 2 fully saturated rings. The van der Waals surface area contributed by atoms with Crippen molar-refractivity contribution in [3.05, 3.63) is 72.2 Å². The topological polar surface area (TPSA) is 74.3 Å². The Balaban J connectivity index is 1.34. The minimum atomic E-state index is -0.0476. The van der Waals surface area contributed by atoms with E-state index < -0.39 is 0 Å². The van der Waals surface area contributed by atoms with Crippen LogP contribution in [0.2, 0.25) is 0 Å². The fourth-order valence-corrected chi connectivity index (χ4v) is 5.20. The fourth-order valence-electron chi connectivity index (χ4n) is 5.20. The van der Waals surface area contributed by atoms with Crippen LogP contribution in [0, 0.1) is 0 Å². The molecule has 0 radical (unpaired) electrons. The summed E-state index contributed by atoms with van der Waals surface area (Å²) in [4.78, 5) is 21.9. The molecule has 1 aliphatic carbocycles. The highest BCUT2D eigenvalue weighted by Crippen LogP contribution is 2.27. The molecule has 1 saturated carbocycles. The van der Waals surface area contributed by atoms with Gasteiger partial charge in [0, 0.05) is 43.6 Å². The van der Waals surface area contributed by atoms with Gasteiger partial charge in [0.2, 0.25) is 5.91 Å². The number of aromatic amines is 1. The Morgan fingerprint density at radius 3 is 2.59 bits per heavy atom. The van der Waals surface area contributed by atoms with Crippen molar-refractivity contribution < 1.29 is 9.53 Å². The van der Waals surface area contributed by atoms with E-state index in [1.54, 1.807) is 12.4 Å². The van der Waals surface area contributed by atoms with Crippen LogP contribution in [0.4, 0.5) is 0 Å². The molecular weight excluding hydrogens is 426 g/mol. The second-order valence-electron chi connectivity index (χ2n) is 9.43. The molecule has 0 spiro atoms. The summed E-state index contributed by atoms with van der Waals surface area (Å²) >= 11 is 0. The average molecular weight is 460 g/mol. The Morgan fingerprint density at radius 2 is 1.79 bits per heavy atom. The van der Waals surface area contributed by atoms with Crippen LogP contribution in [0.25, 0.3) is 11.3 Å². The first-order valence-corrected chi connectivity index (χ1v) is 12.4. The molecule has 34 heavy (non-hydrogen) atoms. The molecule has 1 aromatic carbocycles. The van der Waals surface area contributed by atoms with Gasteiger partial charge in [-0.3, -0.25) is 19.8 Å². The van der Waals surface area contributed by atoms with Gasteiger partial charge >= 0.3 is 0 Å². The Bertz CT molecular complexity index is 1050. The van der Waals surface area contributed by atoms with E-state index in [0.29, 0.717) is 38.8 Å². The Labute approximate surface area is 201 Å². The molecule has 1 amide bonds. The molecule has 2 aliphatic rings. The molecule has 5 rings (SSSR count). The molecule has 7 nitrogen and oxygen atoms in total. The van der Waals surface area contributed by atoms with E-state index in [0.717, 1.165) is 35.2 Å². The number of ether oxygens (including phenoxy) is 1. The van der Waals surface area contributed by atoms with Crippen molar-refractivity contribution in [3.63, 3.8) is 0 Å². The number of hydrogen-bond acceptors (Lipinski definition) is 5. The van der Waals surface area contributed by atoms with Gasteiger partial charge in [0.15, 0.2) is 0 Å². The third-order valence-corrected chi connectivity index (χ3v) is 6.97. The first-order chi connectivity index (χ1) is 16.8. The van der Waals surface area contributed by atoms with Gasteiger partial charge in [0.05, 0.1) is 31.1 Å². The number of carbonyl (C=O) groups excluding carboxylic acids is 1. The normalized spacial score (nSPS) is 20.4. The number of pyridine rings is 1.